The Morgan fingerprint density at radius 1 is 1.37 bits per heavy atom. The van der Waals surface area contributed by atoms with Crippen LogP contribution in [0.2, 0.25) is 0 Å². The van der Waals surface area contributed by atoms with E-state index < -0.39 is 5.97 Å². The second-order valence-corrected chi connectivity index (χ2v) is 4.26. The Labute approximate surface area is 112 Å². The maximum atomic E-state index is 11.7. The van der Waals surface area contributed by atoms with E-state index in [9.17, 15) is 9.59 Å². The summed E-state index contributed by atoms with van der Waals surface area (Å²) in [6.45, 7) is 0.986. The molecule has 0 spiro atoms. The largest absolute Gasteiger partial charge is 0.481 e. The molecule has 0 aliphatic heterocycles. The number of carbonyl (C=O) groups excluding carboxylic acids is 1. The Morgan fingerprint density at radius 3 is 2.68 bits per heavy atom. The number of hydrogen-bond donors (Lipinski definition) is 2. The molecule has 6 nitrogen and oxygen atoms in total. The van der Waals surface area contributed by atoms with E-state index in [-0.39, 0.29) is 12.5 Å². The molecule has 0 radical (unpaired) electrons. The van der Waals surface area contributed by atoms with Gasteiger partial charge in [0.1, 0.15) is 0 Å². The van der Waals surface area contributed by atoms with Gasteiger partial charge in [-0.1, -0.05) is 0 Å². The van der Waals surface area contributed by atoms with Crippen molar-refractivity contribution in [1.82, 2.24) is 15.2 Å². The predicted molar refractivity (Wildman–Crippen MR) is 70.8 cm³/mol. The second kappa shape index (κ2) is 8.07. The zero-order valence-electron chi connectivity index (χ0n) is 11.0. The quantitative estimate of drug-likeness (QED) is 0.724. The average molecular weight is 265 g/mol. The highest BCUT2D eigenvalue weighted by Crippen LogP contribution is 1.99. The molecule has 1 rings (SSSR count). The predicted octanol–water partition coefficient (Wildman–Crippen LogP) is 1.13. The maximum absolute atomic E-state index is 11.7. The summed E-state index contributed by atoms with van der Waals surface area (Å²) in [4.78, 5) is 27.5. The molecule has 0 unspecified atom stereocenters. The molecule has 104 valence electrons. The number of carbonyl (C=O) groups is 2. The van der Waals surface area contributed by atoms with Crippen molar-refractivity contribution < 1.29 is 14.7 Å². The molecule has 0 atom stereocenters. The summed E-state index contributed by atoms with van der Waals surface area (Å²) in [5, 5.41) is 11.2. The summed E-state index contributed by atoms with van der Waals surface area (Å²) in [7, 11) is 1.72. The van der Waals surface area contributed by atoms with E-state index in [4.69, 9.17) is 5.11 Å². The Hall–Kier alpha value is -2.11. The highest BCUT2D eigenvalue weighted by atomic mass is 16.4. The fourth-order valence-corrected chi connectivity index (χ4v) is 1.52. The van der Waals surface area contributed by atoms with Gasteiger partial charge >= 0.3 is 12.0 Å². The Kier molecular flexibility index (Phi) is 6.35. The second-order valence-electron chi connectivity index (χ2n) is 4.26. The molecule has 0 fully saturated rings. The van der Waals surface area contributed by atoms with E-state index >= 15 is 0 Å². The maximum Gasteiger partial charge on any atom is 0.317 e. The molecule has 0 bridgehead atoms. The highest BCUT2D eigenvalue weighted by Gasteiger charge is 2.07. The minimum atomic E-state index is -0.847. The van der Waals surface area contributed by atoms with Crippen LogP contribution in [0.25, 0.3) is 0 Å². The standard InChI is InChI=1S/C13H19N3O3/c1-16(10-6-11-4-8-14-9-5-11)13(19)15-7-2-3-12(17)18/h4-5,8-9H,2-3,6-7,10H2,1H3,(H,15,19)(H,17,18). The van der Waals surface area contributed by atoms with Gasteiger partial charge in [0.05, 0.1) is 0 Å². The third-order valence-electron chi connectivity index (χ3n) is 2.68. The van der Waals surface area contributed by atoms with Crippen LogP contribution in [-0.2, 0) is 11.2 Å². The molecular formula is C13H19N3O3. The zero-order valence-corrected chi connectivity index (χ0v) is 11.0. The van der Waals surface area contributed by atoms with Crippen LogP contribution >= 0.6 is 0 Å². The first-order valence-corrected chi connectivity index (χ1v) is 6.19. The monoisotopic (exact) mass is 265 g/mol. The summed E-state index contributed by atoms with van der Waals surface area (Å²) in [6.07, 6.45) is 4.73. The molecule has 1 aromatic rings. The molecule has 0 aliphatic rings. The van der Waals surface area contributed by atoms with Crippen LogP contribution < -0.4 is 5.32 Å². The SMILES string of the molecule is CN(CCc1ccncc1)C(=O)NCCCC(=O)O. The number of pyridine rings is 1. The molecule has 0 aliphatic carbocycles. The van der Waals surface area contributed by atoms with Crippen LogP contribution in [0.5, 0.6) is 0 Å². The van der Waals surface area contributed by atoms with Crippen molar-refractivity contribution in [2.75, 3.05) is 20.1 Å². The number of carboxylic acid groups (broad SMARTS) is 1. The fraction of sp³-hybridized carbons (Fsp3) is 0.462. The number of carboxylic acids is 1. The van der Waals surface area contributed by atoms with Crippen LogP contribution in [-0.4, -0.2) is 47.1 Å². The summed E-state index contributed by atoms with van der Waals surface area (Å²) >= 11 is 0. The van der Waals surface area contributed by atoms with Gasteiger partial charge in [-0.3, -0.25) is 9.78 Å². The third kappa shape index (κ3) is 6.40. The van der Waals surface area contributed by atoms with Crippen molar-refractivity contribution in [1.29, 1.82) is 0 Å². The number of nitrogens with one attached hydrogen (secondary N) is 1. The lowest BCUT2D eigenvalue weighted by Crippen LogP contribution is -2.38. The van der Waals surface area contributed by atoms with Crippen molar-refractivity contribution in [3.63, 3.8) is 0 Å². The Bertz CT molecular complexity index is 409. The van der Waals surface area contributed by atoms with Crippen LogP contribution in [0.15, 0.2) is 24.5 Å². The van der Waals surface area contributed by atoms with Gasteiger partial charge in [0.25, 0.3) is 0 Å². The van der Waals surface area contributed by atoms with Gasteiger partial charge in [0.2, 0.25) is 0 Å². The number of aliphatic carboxylic acids is 1. The molecule has 0 saturated carbocycles. The van der Waals surface area contributed by atoms with Crippen molar-refractivity contribution in [3.8, 4) is 0 Å². The van der Waals surface area contributed by atoms with E-state index in [0.29, 0.717) is 19.5 Å². The topological polar surface area (TPSA) is 82.5 Å². The molecule has 2 amide bonds. The number of amides is 2. The minimum absolute atomic E-state index is 0.0704. The average Bonchev–Trinajstić information content (AvgIpc) is 2.41. The van der Waals surface area contributed by atoms with Crippen LogP contribution in [0.1, 0.15) is 18.4 Å². The lowest BCUT2D eigenvalue weighted by molar-refractivity contribution is -0.137. The number of likely N-dealkylation sites (N-methyl/N-ethyl adjacent to an activating group) is 1. The van der Waals surface area contributed by atoms with Crippen LogP contribution in [0.3, 0.4) is 0 Å². The smallest absolute Gasteiger partial charge is 0.317 e. The van der Waals surface area contributed by atoms with Gasteiger partial charge in [-0.05, 0) is 30.5 Å². The van der Waals surface area contributed by atoms with Crippen molar-refractivity contribution in [3.05, 3.63) is 30.1 Å². The Balaban J connectivity index is 2.20. The third-order valence-corrected chi connectivity index (χ3v) is 2.68. The summed E-state index contributed by atoms with van der Waals surface area (Å²) in [5.74, 6) is -0.847. The number of aromatic nitrogens is 1. The van der Waals surface area contributed by atoms with Crippen molar-refractivity contribution >= 4 is 12.0 Å². The van der Waals surface area contributed by atoms with Crippen LogP contribution in [0.4, 0.5) is 4.79 Å². The van der Waals surface area contributed by atoms with Gasteiger partial charge in [0.15, 0.2) is 0 Å². The zero-order chi connectivity index (χ0) is 14.1. The Morgan fingerprint density at radius 2 is 2.05 bits per heavy atom. The van der Waals surface area contributed by atoms with Crippen molar-refractivity contribution in [2.24, 2.45) is 0 Å². The van der Waals surface area contributed by atoms with E-state index in [1.807, 2.05) is 12.1 Å². The first-order valence-electron chi connectivity index (χ1n) is 6.19. The molecule has 6 heteroatoms. The van der Waals surface area contributed by atoms with E-state index in [1.165, 1.54) is 0 Å². The summed E-state index contributed by atoms with van der Waals surface area (Å²) in [5.41, 5.74) is 1.13. The molecule has 0 saturated heterocycles. The number of nitrogens with zero attached hydrogens (tertiary/aromatic N) is 2. The summed E-state index contributed by atoms with van der Waals surface area (Å²) in [6, 6.07) is 3.65. The first-order chi connectivity index (χ1) is 9.09. The summed E-state index contributed by atoms with van der Waals surface area (Å²) < 4.78 is 0. The van der Waals surface area contributed by atoms with Gasteiger partial charge in [-0.2, -0.15) is 0 Å². The van der Waals surface area contributed by atoms with Gasteiger partial charge in [0, 0.05) is 39.0 Å². The normalized spacial score (nSPS) is 9.95. The van der Waals surface area contributed by atoms with Gasteiger partial charge in [-0.25, -0.2) is 4.79 Å². The molecule has 1 aromatic heterocycles. The molecule has 0 aromatic carbocycles. The van der Waals surface area contributed by atoms with E-state index in [2.05, 4.69) is 10.3 Å². The molecule has 19 heavy (non-hydrogen) atoms. The lowest BCUT2D eigenvalue weighted by Gasteiger charge is -2.17. The van der Waals surface area contributed by atoms with E-state index in [0.717, 1.165) is 12.0 Å². The van der Waals surface area contributed by atoms with E-state index in [1.54, 1.807) is 24.3 Å². The molecule has 2 N–H and O–H groups in total. The number of hydrogen-bond acceptors (Lipinski definition) is 3. The van der Waals surface area contributed by atoms with Crippen LogP contribution in [0, 0.1) is 0 Å². The van der Waals surface area contributed by atoms with Gasteiger partial charge in [-0.15, -0.1) is 0 Å². The highest BCUT2D eigenvalue weighted by molar-refractivity contribution is 5.73. The number of urea groups is 1. The molecule has 1 heterocycles. The number of rotatable bonds is 7. The lowest BCUT2D eigenvalue weighted by atomic mass is 10.2. The van der Waals surface area contributed by atoms with Crippen molar-refractivity contribution in [2.45, 2.75) is 19.3 Å². The minimum Gasteiger partial charge on any atom is -0.481 e. The fourth-order valence-electron chi connectivity index (χ4n) is 1.52. The molecular weight excluding hydrogens is 246 g/mol. The van der Waals surface area contributed by atoms with Gasteiger partial charge < -0.3 is 15.3 Å². The first kappa shape index (κ1) is 14.9.